The minimum atomic E-state index is -0.220. The molecule has 94 valence electrons. The van der Waals surface area contributed by atoms with Gasteiger partial charge in [-0.15, -0.1) is 0 Å². The third kappa shape index (κ3) is 2.35. The molecule has 0 saturated carbocycles. The zero-order chi connectivity index (χ0) is 13.3. The SMILES string of the molecule is COC(=O)Cc1cc(C)nc2cc(C)cc(C)c12. The Hall–Kier alpha value is -1.90. The summed E-state index contributed by atoms with van der Waals surface area (Å²) in [6.07, 6.45) is 0.292. The van der Waals surface area contributed by atoms with Crippen molar-refractivity contribution in [3.05, 3.63) is 40.6 Å². The van der Waals surface area contributed by atoms with Gasteiger partial charge in [0.25, 0.3) is 0 Å². The van der Waals surface area contributed by atoms with Gasteiger partial charge < -0.3 is 4.74 Å². The summed E-state index contributed by atoms with van der Waals surface area (Å²) >= 11 is 0. The Bertz CT molecular complexity index is 612. The summed E-state index contributed by atoms with van der Waals surface area (Å²) in [7, 11) is 1.41. The summed E-state index contributed by atoms with van der Waals surface area (Å²) in [5, 5.41) is 1.07. The van der Waals surface area contributed by atoms with E-state index in [2.05, 4.69) is 24.0 Å². The van der Waals surface area contributed by atoms with E-state index in [1.165, 1.54) is 12.7 Å². The molecule has 0 saturated heterocycles. The smallest absolute Gasteiger partial charge is 0.310 e. The lowest BCUT2D eigenvalue weighted by atomic mass is 9.99. The number of aryl methyl sites for hydroxylation is 3. The summed E-state index contributed by atoms with van der Waals surface area (Å²) in [4.78, 5) is 16.0. The van der Waals surface area contributed by atoms with E-state index in [-0.39, 0.29) is 5.97 Å². The molecule has 1 aromatic heterocycles. The number of methoxy groups -OCH3 is 1. The average molecular weight is 243 g/mol. The van der Waals surface area contributed by atoms with Crippen LogP contribution >= 0.6 is 0 Å². The molecule has 3 heteroatoms. The Kier molecular flexibility index (Phi) is 3.32. The van der Waals surface area contributed by atoms with Crippen LogP contribution in [0.3, 0.4) is 0 Å². The fourth-order valence-corrected chi connectivity index (χ4v) is 2.36. The third-order valence-electron chi connectivity index (χ3n) is 3.02. The van der Waals surface area contributed by atoms with Gasteiger partial charge >= 0.3 is 5.97 Å². The maximum Gasteiger partial charge on any atom is 0.310 e. The molecule has 0 aliphatic carbocycles. The molecule has 0 spiro atoms. The standard InChI is InChI=1S/C15H17NO2/c1-9-5-10(2)15-12(8-14(17)18-4)7-11(3)16-13(15)6-9/h5-7H,8H2,1-4H3. The number of hydrogen-bond donors (Lipinski definition) is 0. The minimum Gasteiger partial charge on any atom is -0.469 e. The molecule has 0 fully saturated rings. The second-order valence-corrected chi connectivity index (χ2v) is 4.65. The highest BCUT2D eigenvalue weighted by atomic mass is 16.5. The molecule has 1 heterocycles. The normalized spacial score (nSPS) is 10.7. The molecule has 0 amide bonds. The van der Waals surface area contributed by atoms with Gasteiger partial charge in [-0.05, 0) is 49.6 Å². The van der Waals surface area contributed by atoms with Gasteiger partial charge in [-0.25, -0.2) is 0 Å². The van der Waals surface area contributed by atoms with E-state index in [0.29, 0.717) is 6.42 Å². The van der Waals surface area contributed by atoms with Gasteiger partial charge in [-0.1, -0.05) is 6.07 Å². The number of ether oxygens (including phenoxy) is 1. The van der Waals surface area contributed by atoms with E-state index in [1.807, 2.05) is 19.9 Å². The van der Waals surface area contributed by atoms with Crippen LogP contribution in [-0.2, 0) is 16.0 Å². The van der Waals surface area contributed by atoms with Crippen molar-refractivity contribution >= 4 is 16.9 Å². The first-order chi connectivity index (χ1) is 8.51. The quantitative estimate of drug-likeness (QED) is 0.761. The number of benzene rings is 1. The number of hydrogen-bond acceptors (Lipinski definition) is 3. The Balaban J connectivity index is 2.68. The zero-order valence-electron chi connectivity index (χ0n) is 11.2. The zero-order valence-corrected chi connectivity index (χ0v) is 11.2. The maximum atomic E-state index is 11.5. The molecular formula is C15H17NO2. The molecular weight excluding hydrogens is 226 g/mol. The first-order valence-corrected chi connectivity index (χ1v) is 5.95. The average Bonchev–Trinajstić information content (AvgIpc) is 2.26. The molecule has 2 rings (SSSR count). The summed E-state index contributed by atoms with van der Waals surface area (Å²) in [5.74, 6) is -0.220. The minimum absolute atomic E-state index is 0.220. The third-order valence-corrected chi connectivity index (χ3v) is 3.02. The Labute approximate surface area is 107 Å². The monoisotopic (exact) mass is 243 g/mol. The number of esters is 1. The maximum absolute atomic E-state index is 11.5. The second kappa shape index (κ2) is 4.77. The summed E-state index contributed by atoms with van der Waals surface area (Å²) in [6, 6.07) is 6.12. The van der Waals surface area contributed by atoms with Crippen molar-refractivity contribution in [2.45, 2.75) is 27.2 Å². The van der Waals surface area contributed by atoms with Gasteiger partial charge in [0.15, 0.2) is 0 Å². The second-order valence-electron chi connectivity index (χ2n) is 4.65. The summed E-state index contributed by atoms with van der Waals surface area (Å²) in [5.41, 5.74) is 5.19. The topological polar surface area (TPSA) is 39.2 Å². The Morgan fingerprint density at radius 2 is 1.94 bits per heavy atom. The predicted molar refractivity (Wildman–Crippen MR) is 71.7 cm³/mol. The van der Waals surface area contributed by atoms with Crippen molar-refractivity contribution in [2.75, 3.05) is 7.11 Å². The van der Waals surface area contributed by atoms with Crippen molar-refractivity contribution in [2.24, 2.45) is 0 Å². The number of carbonyl (C=O) groups excluding carboxylic acids is 1. The first kappa shape index (κ1) is 12.6. The fraction of sp³-hybridized carbons (Fsp3) is 0.333. The van der Waals surface area contributed by atoms with Crippen LogP contribution < -0.4 is 0 Å². The van der Waals surface area contributed by atoms with Crippen LogP contribution in [0.15, 0.2) is 18.2 Å². The van der Waals surface area contributed by atoms with E-state index in [0.717, 1.165) is 27.7 Å². The van der Waals surface area contributed by atoms with Crippen LogP contribution in [0.5, 0.6) is 0 Å². The van der Waals surface area contributed by atoms with Crippen molar-refractivity contribution in [3.8, 4) is 0 Å². The highest BCUT2D eigenvalue weighted by Gasteiger charge is 2.11. The van der Waals surface area contributed by atoms with E-state index in [4.69, 9.17) is 4.74 Å². The van der Waals surface area contributed by atoms with Gasteiger partial charge in [0, 0.05) is 11.1 Å². The van der Waals surface area contributed by atoms with Crippen LogP contribution in [0.25, 0.3) is 10.9 Å². The molecule has 3 nitrogen and oxygen atoms in total. The van der Waals surface area contributed by atoms with Crippen molar-refractivity contribution in [1.29, 1.82) is 0 Å². The largest absolute Gasteiger partial charge is 0.469 e. The van der Waals surface area contributed by atoms with Crippen LogP contribution in [0, 0.1) is 20.8 Å². The number of carbonyl (C=O) groups is 1. The number of aromatic nitrogens is 1. The lowest BCUT2D eigenvalue weighted by molar-refractivity contribution is -0.139. The number of rotatable bonds is 2. The molecule has 0 unspecified atom stereocenters. The van der Waals surface area contributed by atoms with E-state index in [1.54, 1.807) is 0 Å². The van der Waals surface area contributed by atoms with Gasteiger partial charge in [-0.2, -0.15) is 0 Å². The molecule has 0 N–H and O–H groups in total. The lowest BCUT2D eigenvalue weighted by Gasteiger charge is -2.10. The van der Waals surface area contributed by atoms with E-state index in [9.17, 15) is 4.79 Å². The van der Waals surface area contributed by atoms with Crippen molar-refractivity contribution in [3.63, 3.8) is 0 Å². The molecule has 2 aromatic rings. The van der Waals surface area contributed by atoms with Crippen molar-refractivity contribution in [1.82, 2.24) is 4.98 Å². The van der Waals surface area contributed by atoms with Crippen LogP contribution in [0.1, 0.15) is 22.4 Å². The number of fused-ring (bicyclic) bond motifs is 1. The summed E-state index contributed by atoms with van der Waals surface area (Å²) < 4.78 is 4.75. The molecule has 0 atom stereocenters. The molecule has 0 aliphatic heterocycles. The van der Waals surface area contributed by atoms with Crippen LogP contribution in [-0.4, -0.2) is 18.1 Å². The van der Waals surface area contributed by atoms with E-state index < -0.39 is 0 Å². The molecule has 0 bridgehead atoms. The predicted octanol–water partition coefficient (Wildman–Crippen LogP) is 2.88. The molecule has 18 heavy (non-hydrogen) atoms. The lowest BCUT2D eigenvalue weighted by Crippen LogP contribution is -2.06. The van der Waals surface area contributed by atoms with Crippen LogP contribution in [0.4, 0.5) is 0 Å². The fourth-order valence-electron chi connectivity index (χ4n) is 2.36. The molecule has 0 aliphatic rings. The first-order valence-electron chi connectivity index (χ1n) is 5.95. The number of pyridine rings is 1. The highest BCUT2D eigenvalue weighted by Crippen LogP contribution is 2.24. The molecule has 0 radical (unpaired) electrons. The summed E-state index contributed by atoms with van der Waals surface area (Å²) in [6.45, 7) is 6.04. The highest BCUT2D eigenvalue weighted by molar-refractivity contribution is 5.89. The van der Waals surface area contributed by atoms with Gasteiger partial charge in [0.1, 0.15) is 0 Å². The van der Waals surface area contributed by atoms with Gasteiger partial charge in [-0.3, -0.25) is 9.78 Å². The van der Waals surface area contributed by atoms with Crippen LogP contribution in [0.2, 0.25) is 0 Å². The van der Waals surface area contributed by atoms with Gasteiger partial charge in [0.05, 0.1) is 19.0 Å². The Morgan fingerprint density at radius 3 is 2.61 bits per heavy atom. The Morgan fingerprint density at radius 1 is 1.22 bits per heavy atom. The van der Waals surface area contributed by atoms with E-state index >= 15 is 0 Å². The molecule has 1 aromatic carbocycles. The number of nitrogens with zero attached hydrogens (tertiary/aromatic N) is 1. The van der Waals surface area contributed by atoms with Crippen molar-refractivity contribution < 1.29 is 9.53 Å². The van der Waals surface area contributed by atoms with Gasteiger partial charge in [0.2, 0.25) is 0 Å².